The molecule has 1 aromatic heterocycles. The normalized spacial score (nSPS) is 14.3. The molecular weight excluding hydrogens is 330 g/mol. The number of hydrogen-bond donors (Lipinski definition) is 1. The van der Waals surface area contributed by atoms with E-state index in [1.165, 1.54) is 6.42 Å². The van der Waals surface area contributed by atoms with Gasteiger partial charge in [-0.25, -0.2) is 4.98 Å². The second-order valence-corrected chi connectivity index (χ2v) is 6.79. The number of nitrogens with zero attached hydrogens (tertiary/aromatic N) is 2. The summed E-state index contributed by atoms with van der Waals surface area (Å²) < 4.78 is 5.71. The third-order valence-corrected chi connectivity index (χ3v) is 4.63. The molecule has 3 rings (SSSR count). The van der Waals surface area contributed by atoms with Crippen LogP contribution in [0.1, 0.15) is 36.3 Å². The molecule has 26 heavy (non-hydrogen) atoms. The Morgan fingerprint density at radius 1 is 1.19 bits per heavy atom. The molecule has 2 amide bonds. The molecule has 1 aliphatic rings. The van der Waals surface area contributed by atoms with Crippen LogP contribution in [0.4, 0.5) is 0 Å². The smallest absolute Gasteiger partial charge is 0.241 e. The number of rotatable bonds is 5. The molecule has 1 fully saturated rings. The lowest BCUT2D eigenvalue weighted by atomic mass is 10.1. The quantitative estimate of drug-likeness (QED) is 0.895. The Balaban J connectivity index is 1.56. The standard InChI is InChI=1S/C20H25N3O3/c1-14-7-6-8-16(11-14)20-22-17(15(2)26-20)12-18(24)21-13-19(25)23-9-4-3-5-10-23/h6-8,11H,3-5,9-10,12-13H2,1-2H3,(H,21,24). The topological polar surface area (TPSA) is 75.4 Å². The highest BCUT2D eigenvalue weighted by Crippen LogP contribution is 2.22. The summed E-state index contributed by atoms with van der Waals surface area (Å²) in [6, 6.07) is 7.88. The minimum atomic E-state index is -0.220. The van der Waals surface area contributed by atoms with Gasteiger partial charge in [-0.05, 0) is 45.2 Å². The molecule has 1 aromatic carbocycles. The van der Waals surface area contributed by atoms with Gasteiger partial charge in [0, 0.05) is 18.7 Å². The fourth-order valence-electron chi connectivity index (χ4n) is 3.14. The Labute approximate surface area is 153 Å². The van der Waals surface area contributed by atoms with Crippen molar-refractivity contribution in [3.63, 3.8) is 0 Å². The van der Waals surface area contributed by atoms with Gasteiger partial charge in [0.2, 0.25) is 17.7 Å². The third kappa shape index (κ3) is 4.50. The highest BCUT2D eigenvalue weighted by Gasteiger charge is 2.18. The number of amides is 2. The number of likely N-dealkylation sites (tertiary alicyclic amines) is 1. The van der Waals surface area contributed by atoms with Crippen LogP contribution >= 0.6 is 0 Å². The van der Waals surface area contributed by atoms with Crippen LogP contribution in [-0.4, -0.2) is 41.3 Å². The minimum Gasteiger partial charge on any atom is -0.441 e. The fourth-order valence-corrected chi connectivity index (χ4v) is 3.14. The van der Waals surface area contributed by atoms with Crippen molar-refractivity contribution < 1.29 is 14.0 Å². The van der Waals surface area contributed by atoms with Crippen molar-refractivity contribution >= 4 is 11.8 Å². The fraction of sp³-hybridized carbons (Fsp3) is 0.450. The van der Waals surface area contributed by atoms with E-state index >= 15 is 0 Å². The van der Waals surface area contributed by atoms with Crippen molar-refractivity contribution in [1.29, 1.82) is 0 Å². The molecule has 1 N–H and O–H groups in total. The van der Waals surface area contributed by atoms with Crippen molar-refractivity contribution in [2.75, 3.05) is 19.6 Å². The zero-order chi connectivity index (χ0) is 18.5. The molecule has 0 unspecified atom stereocenters. The van der Waals surface area contributed by atoms with Crippen LogP contribution in [0.5, 0.6) is 0 Å². The maximum absolute atomic E-state index is 12.2. The van der Waals surface area contributed by atoms with Crippen LogP contribution in [-0.2, 0) is 16.0 Å². The number of hydrogen-bond acceptors (Lipinski definition) is 4. The molecule has 0 bridgehead atoms. The zero-order valence-electron chi connectivity index (χ0n) is 15.4. The Morgan fingerprint density at radius 3 is 2.69 bits per heavy atom. The van der Waals surface area contributed by atoms with Gasteiger partial charge in [-0.2, -0.15) is 0 Å². The van der Waals surface area contributed by atoms with Gasteiger partial charge in [-0.3, -0.25) is 9.59 Å². The van der Waals surface area contributed by atoms with E-state index in [1.807, 2.05) is 36.1 Å². The van der Waals surface area contributed by atoms with Crippen LogP contribution in [0.3, 0.4) is 0 Å². The van der Waals surface area contributed by atoms with Gasteiger partial charge < -0.3 is 14.6 Å². The molecule has 0 saturated carbocycles. The van der Waals surface area contributed by atoms with Crippen molar-refractivity contribution in [1.82, 2.24) is 15.2 Å². The van der Waals surface area contributed by atoms with Gasteiger partial charge in [0.25, 0.3) is 0 Å². The lowest BCUT2D eigenvalue weighted by Crippen LogP contribution is -2.42. The van der Waals surface area contributed by atoms with Gasteiger partial charge >= 0.3 is 0 Å². The Hall–Kier alpha value is -2.63. The molecule has 0 atom stereocenters. The summed E-state index contributed by atoms with van der Waals surface area (Å²) in [4.78, 5) is 30.6. The highest BCUT2D eigenvalue weighted by molar-refractivity contribution is 5.85. The third-order valence-electron chi connectivity index (χ3n) is 4.63. The van der Waals surface area contributed by atoms with Crippen molar-refractivity contribution in [2.24, 2.45) is 0 Å². The van der Waals surface area contributed by atoms with Crippen LogP contribution in [0.15, 0.2) is 28.7 Å². The summed E-state index contributed by atoms with van der Waals surface area (Å²) in [6.07, 6.45) is 3.36. The van der Waals surface area contributed by atoms with E-state index in [9.17, 15) is 9.59 Å². The number of benzene rings is 1. The molecule has 0 radical (unpaired) electrons. The SMILES string of the molecule is Cc1cccc(-c2nc(CC(=O)NCC(=O)N3CCCCC3)c(C)o2)c1. The van der Waals surface area contributed by atoms with E-state index in [1.54, 1.807) is 6.92 Å². The predicted octanol–water partition coefficient (Wildman–Crippen LogP) is 2.63. The van der Waals surface area contributed by atoms with E-state index in [0.29, 0.717) is 17.3 Å². The van der Waals surface area contributed by atoms with Crippen molar-refractivity contribution in [3.8, 4) is 11.5 Å². The maximum Gasteiger partial charge on any atom is 0.241 e. The average molecular weight is 355 g/mol. The summed E-state index contributed by atoms with van der Waals surface area (Å²) in [6.45, 7) is 5.43. The van der Waals surface area contributed by atoms with Crippen LogP contribution < -0.4 is 5.32 Å². The molecule has 1 aliphatic heterocycles. The molecule has 2 aromatic rings. The number of piperidine rings is 1. The van der Waals surface area contributed by atoms with Crippen LogP contribution in [0.2, 0.25) is 0 Å². The van der Waals surface area contributed by atoms with Gasteiger partial charge in [-0.15, -0.1) is 0 Å². The molecule has 2 heterocycles. The number of oxazole rings is 1. The minimum absolute atomic E-state index is 0.0182. The molecular formula is C20H25N3O3. The van der Waals surface area contributed by atoms with Gasteiger partial charge in [0.15, 0.2) is 0 Å². The van der Waals surface area contributed by atoms with Crippen LogP contribution in [0, 0.1) is 13.8 Å². The van der Waals surface area contributed by atoms with Crippen molar-refractivity contribution in [2.45, 2.75) is 39.5 Å². The van der Waals surface area contributed by atoms with Gasteiger partial charge in [-0.1, -0.05) is 17.7 Å². The summed E-state index contributed by atoms with van der Waals surface area (Å²) in [5.74, 6) is 0.898. The molecule has 6 nitrogen and oxygen atoms in total. The van der Waals surface area contributed by atoms with Gasteiger partial charge in [0.05, 0.1) is 18.7 Å². The Kier molecular flexibility index (Phi) is 5.71. The number of carbonyl (C=O) groups is 2. The first-order valence-electron chi connectivity index (χ1n) is 9.11. The summed E-state index contributed by atoms with van der Waals surface area (Å²) in [5.41, 5.74) is 2.61. The van der Waals surface area contributed by atoms with E-state index in [0.717, 1.165) is 37.1 Å². The number of nitrogens with one attached hydrogen (secondary N) is 1. The summed E-state index contributed by atoms with van der Waals surface area (Å²) in [7, 11) is 0. The molecule has 0 aliphatic carbocycles. The molecule has 138 valence electrons. The maximum atomic E-state index is 12.2. The first-order chi connectivity index (χ1) is 12.5. The number of carbonyl (C=O) groups excluding carboxylic acids is 2. The predicted molar refractivity (Wildman–Crippen MR) is 98.6 cm³/mol. The second kappa shape index (κ2) is 8.17. The summed E-state index contributed by atoms with van der Waals surface area (Å²) in [5, 5.41) is 2.70. The first kappa shape index (κ1) is 18.2. The van der Waals surface area contributed by atoms with Crippen molar-refractivity contribution in [3.05, 3.63) is 41.3 Å². The highest BCUT2D eigenvalue weighted by atomic mass is 16.4. The number of aryl methyl sites for hydroxylation is 2. The van der Waals surface area contributed by atoms with E-state index in [2.05, 4.69) is 10.3 Å². The zero-order valence-corrected chi connectivity index (χ0v) is 15.4. The Morgan fingerprint density at radius 2 is 1.96 bits per heavy atom. The molecule has 1 saturated heterocycles. The first-order valence-corrected chi connectivity index (χ1v) is 9.11. The van der Waals surface area contributed by atoms with Crippen LogP contribution in [0.25, 0.3) is 11.5 Å². The average Bonchev–Trinajstić information content (AvgIpc) is 3.01. The van der Waals surface area contributed by atoms with E-state index in [4.69, 9.17) is 4.42 Å². The Bertz CT molecular complexity index is 791. The lowest BCUT2D eigenvalue weighted by molar-refractivity contribution is -0.133. The van der Waals surface area contributed by atoms with Gasteiger partial charge in [0.1, 0.15) is 5.76 Å². The second-order valence-electron chi connectivity index (χ2n) is 6.79. The molecule has 6 heteroatoms. The number of aromatic nitrogens is 1. The largest absolute Gasteiger partial charge is 0.441 e. The molecule has 0 spiro atoms. The van der Waals surface area contributed by atoms with E-state index < -0.39 is 0 Å². The lowest BCUT2D eigenvalue weighted by Gasteiger charge is -2.26. The summed E-state index contributed by atoms with van der Waals surface area (Å²) >= 11 is 0. The monoisotopic (exact) mass is 355 g/mol. The van der Waals surface area contributed by atoms with E-state index in [-0.39, 0.29) is 24.8 Å².